The zero-order valence-corrected chi connectivity index (χ0v) is 18.0. The molecule has 0 aromatic heterocycles. The molecule has 0 radical (unpaired) electrons. The van der Waals surface area contributed by atoms with Gasteiger partial charge < -0.3 is 14.2 Å². The molecule has 0 fully saturated rings. The molecule has 1 amide bonds. The second kappa shape index (κ2) is 12.0. The van der Waals surface area contributed by atoms with Crippen LogP contribution in [0, 0.1) is 0 Å². The number of rotatable bonds is 10. The maximum absolute atomic E-state index is 11.3. The van der Waals surface area contributed by atoms with Crippen molar-refractivity contribution in [1.29, 1.82) is 0 Å². The summed E-state index contributed by atoms with van der Waals surface area (Å²) >= 11 is 23.4. The summed E-state index contributed by atoms with van der Waals surface area (Å²) in [5.74, 6) is 0.809. The van der Waals surface area contributed by atoms with Crippen molar-refractivity contribution in [3.63, 3.8) is 0 Å². The molecule has 6 nitrogen and oxygen atoms in total. The van der Waals surface area contributed by atoms with Gasteiger partial charge in [-0.15, -0.1) is 0 Å². The van der Waals surface area contributed by atoms with E-state index in [2.05, 4.69) is 0 Å². The molecule has 0 heterocycles. The van der Waals surface area contributed by atoms with E-state index in [9.17, 15) is 4.79 Å². The summed E-state index contributed by atoms with van der Waals surface area (Å²) in [4.78, 5) is 11.3. The van der Waals surface area contributed by atoms with Crippen LogP contribution < -0.4 is 19.7 Å². The highest BCUT2D eigenvalue weighted by Crippen LogP contribution is 2.37. The highest BCUT2D eigenvalue weighted by molar-refractivity contribution is 6.55. The predicted octanol–water partition coefficient (Wildman–Crippen LogP) is 5.66. The number of amides is 1. The minimum atomic E-state index is -0.588. The van der Waals surface area contributed by atoms with Crippen LogP contribution in [0.15, 0.2) is 47.0 Å². The molecule has 2 aromatic carbocycles. The van der Waals surface area contributed by atoms with E-state index in [0.717, 1.165) is 0 Å². The van der Waals surface area contributed by atoms with Gasteiger partial charge in [-0.3, -0.25) is 10.0 Å². The monoisotopic (exact) mass is 479 g/mol. The van der Waals surface area contributed by atoms with Crippen LogP contribution in [0.1, 0.15) is 16.8 Å². The third-order valence-electron chi connectivity index (χ3n) is 3.48. The van der Waals surface area contributed by atoms with Gasteiger partial charge in [0.1, 0.15) is 22.6 Å². The van der Waals surface area contributed by atoms with E-state index in [4.69, 9.17) is 65.8 Å². The number of ether oxygens (including phenoxy) is 3. The Balaban J connectivity index is 1.78. The SMILES string of the molecule is O=C(NO)c1ccc(OCCCOc2c(Cl)cc(OCC=C(Cl)Cl)cc2Cl)cc1. The van der Waals surface area contributed by atoms with Gasteiger partial charge in [0.15, 0.2) is 5.75 Å². The number of hydrogen-bond acceptors (Lipinski definition) is 5. The van der Waals surface area contributed by atoms with Crippen molar-refractivity contribution in [3.8, 4) is 17.2 Å². The Morgan fingerprint density at radius 3 is 2.17 bits per heavy atom. The lowest BCUT2D eigenvalue weighted by Crippen LogP contribution is -2.18. The molecule has 2 N–H and O–H groups in total. The van der Waals surface area contributed by atoms with Crippen molar-refractivity contribution >= 4 is 52.3 Å². The van der Waals surface area contributed by atoms with E-state index in [1.165, 1.54) is 18.2 Å². The Morgan fingerprint density at radius 2 is 1.59 bits per heavy atom. The molecule has 0 saturated heterocycles. The second-order valence-electron chi connectivity index (χ2n) is 5.54. The lowest BCUT2D eigenvalue weighted by molar-refractivity contribution is 0.0706. The quantitative estimate of drug-likeness (QED) is 0.260. The van der Waals surface area contributed by atoms with Crippen LogP contribution in [0.3, 0.4) is 0 Å². The highest BCUT2D eigenvalue weighted by Gasteiger charge is 2.11. The Kier molecular flexibility index (Phi) is 9.70. The average molecular weight is 481 g/mol. The molecule has 2 rings (SSSR count). The van der Waals surface area contributed by atoms with E-state index >= 15 is 0 Å². The number of hydrogen-bond donors (Lipinski definition) is 2. The van der Waals surface area contributed by atoms with Gasteiger partial charge in [0.25, 0.3) is 5.91 Å². The molecule has 0 unspecified atom stereocenters. The van der Waals surface area contributed by atoms with E-state index in [-0.39, 0.29) is 11.1 Å². The largest absolute Gasteiger partial charge is 0.493 e. The summed E-state index contributed by atoms with van der Waals surface area (Å²) in [6.45, 7) is 0.890. The van der Waals surface area contributed by atoms with Crippen molar-refractivity contribution in [1.82, 2.24) is 5.48 Å². The molecule has 0 aliphatic heterocycles. The molecule has 0 spiro atoms. The third-order valence-corrected chi connectivity index (χ3v) is 4.35. The maximum Gasteiger partial charge on any atom is 0.274 e. The summed E-state index contributed by atoms with van der Waals surface area (Å²) in [5.41, 5.74) is 1.89. The molecule has 0 bridgehead atoms. The number of benzene rings is 2. The van der Waals surface area contributed by atoms with Gasteiger partial charge in [0.2, 0.25) is 0 Å². The Labute approximate surface area is 187 Å². The normalized spacial score (nSPS) is 10.2. The molecule has 10 heteroatoms. The molecule has 0 aliphatic rings. The van der Waals surface area contributed by atoms with E-state index in [0.29, 0.717) is 52.5 Å². The van der Waals surface area contributed by atoms with E-state index < -0.39 is 5.91 Å². The first kappa shape index (κ1) is 23.4. The molecule has 2 aromatic rings. The highest BCUT2D eigenvalue weighted by atomic mass is 35.5. The summed E-state index contributed by atoms with van der Waals surface area (Å²) in [5, 5.41) is 9.21. The number of hydroxylamine groups is 1. The number of nitrogens with one attached hydrogen (secondary N) is 1. The zero-order chi connectivity index (χ0) is 21.2. The minimum Gasteiger partial charge on any atom is -0.493 e. The summed E-state index contributed by atoms with van der Waals surface area (Å²) in [6.07, 6.45) is 2.06. The fourth-order valence-corrected chi connectivity index (χ4v) is 2.85. The van der Waals surface area contributed by atoms with Crippen molar-refractivity contribution in [3.05, 3.63) is 62.6 Å². The van der Waals surface area contributed by atoms with E-state index in [1.54, 1.807) is 29.7 Å². The lowest BCUT2D eigenvalue weighted by Gasteiger charge is -2.12. The number of carbonyl (C=O) groups is 1. The summed E-state index contributed by atoms with van der Waals surface area (Å²) in [7, 11) is 0. The second-order valence-corrected chi connectivity index (χ2v) is 7.36. The van der Waals surface area contributed by atoms with Crippen molar-refractivity contribution in [2.24, 2.45) is 0 Å². The van der Waals surface area contributed by atoms with Crippen LogP contribution in [-0.2, 0) is 0 Å². The Hall–Kier alpha value is -1.83. The third kappa shape index (κ3) is 7.84. The van der Waals surface area contributed by atoms with Crippen LogP contribution in [0.5, 0.6) is 17.2 Å². The van der Waals surface area contributed by atoms with Crippen LogP contribution in [0.2, 0.25) is 10.0 Å². The summed E-state index contributed by atoms with van der Waals surface area (Å²) in [6, 6.07) is 9.50. The molecule has 0 saturated carbocycles. The van der Waals surface area contributed by atoms with Gasteiger partial charge in [0, 0.05) is 24.1 Å². The zero-order valence-electron chi connectivity index (χ0n) is 15.0. The average Bonchev–Trinajstić information content (AvgIpc) is 2.69. The van der Waals surface area contributed by atoms with Gasteiger partial charge in [0.05, 0.1) is 23.3 Å². The first-order valence-corrected chi connectivity index (χ1v) is 9.85. The van der Waals surface area contributed by atoms with Crippen molar-refractivity contribution in [2.75, 3.05) is 19.8 Å². The maximum atomic E-state index is 11.3. The van der Waals surface area contributed by atoms with Crippen LogP contribution in [-0.4, -0.2) is 30.9 Å². The topological polar surface area (TPSA) is 77.0 Å². The number of halogens is 4. The Bertz CT molecular complexity index is 831. The lowest BCUT2D eigenvalue weighted by atomic mass is 10.2. The van der Waals surface area contributed by atoms with Crippen LogP contribution >= 0.6 is 46.4 Å². The molecule has 156 valence electrons. The van der Waals surface area contributed by atoms with Gasteiger partial charge >= 0.3 is 0 Å². The first-order chi connectivity index (χ1) is 13.9. The van der Waals surface area contributed by atoms with Gasteiger partial charge in [-0.25, -0.2) is 5.48 Å². The van der Waals surface area contributed by atoms with Crippen LogP contribution in [0.25, 0.3) is 0 Å². The fourth-order valence-electron chi connectivity index (χ4n) is 2.15. The van der Waals surface area contributed by atoms with E-state index in [1.807, 2.05) is 0 Å². The predicted molar refractivity (Wildman–Crippen MR) is 113 cm³/mol. The standard InChI is InChI=1S/C19H17Cl4NO5/c20-15-10-14(28-9-6-17(22)23)11-16(21)18(15)29-8-1-7-27-13-4-2-12(3-5-13)19(25)24-26/h2-6,10-11,26H,1,7-9H2,(H,24,25). The van der Waals surface area contributed by atoms with Crippen LogP contribution in [0.4, 0.5) is 0 Å². The molecular weight excluding hydrogens is 464 g/mol. The summed E-state index contributed by atoms with van der Waals surface area (Å²) < 4.78 is 16.7. The smallest absolute Gasteiger partial charge is 0.274 e. The Morgan fingerprint density at radius 1 is 0.966 bits per heavy atom. The van der Waals surface area contributed by atoms with Crippen molar-refractivity contribution in [2.45, 2.75) is 6.42 Å². The molecule has 29 heavy (non-hydrogen) atoms. The molecule has 0 aliphatic carbocycles. The van der Waals surface area contributed by atoms with Gasteiger partial charge in [-0.05, 0) is 30.3 Å². The van der Waals surface area contributed by atoms with Crippen molar-refractivity contribution < 1.29 is 24.2 Å². The minimum absolute atomic E-state index is 0.107. The van der Waals surface area contributed by atoms with Gasteiger partial charge in [-0.2, -0.15) is 0 Å². The molecular formula is C19H17Cl4NO5. The fraction of sp³-hybridized carbons (Fsp3) is 0.211. The first-order valence-electron chi connectivity index (χ1n) is 8.34. The number of carbonyl (C=O) groups excluding carboxylic acids is 1. The molecule has 0 atom stereocenters. The van der Waals surface area contributed by atoms with Gasteiger partial charge in [-0.1, -0.05) is 46.4 Å².